The molecule has 0 atom stereocenters. The van der Waals surface area contributed by atoms with Gasteiger partial charge in [-0.25, -0.2) is 26.9 Å². The third kappa shape index (κ3) is 4.12. The van der Waals surface area contributed by atoms with Crippen LogP contribution in [0.3, 0.4) is 0 Å². The van der Waals surface area contributed by atoms with Crippen LogP contribution in [0.1, 0.15) is 16.9 Å². The Morgan fingerprint density at radius 2 is 1.97 bits per heavy atom. The molecule has 13 heteroatoms. The second kappa shape index (κ2) is 8.40. The van der Waals surface area contributed by atoms with Gasteiger partial charge in [-0.1, -0.05) is 0 Å². The van der Waals surface area contributed by atoms with Crippen molar-refractivity contribution >= 4 is 32.3 Å². The number of halogens is 2. The van der Waals surface area contributed by atoms with Gasteiger partial charge in [0.2, 0.25) is 0 Å². The lowest BCUT2D eigenvalue weighted by atomic mass is 10.2. The number of ether oxygens (including phenoxy) is 1. The molecule has 10 nitrogen and oxygen atoms in total. The maximum atomic E-state index is 14.2. The molecule has 1 aliphatic heterocycles. The molecule has 0 saturated carbocycles. The van der Waals surface area contributed by atoms with Gasteiger partial charge in [-0.05, 0) is 12.5 Å². The highest BCUT2D eigenvalue weighted by Gasteiger charge is 2.24. The number of fused-ring (bicyclic) bond motifs is 2. The van der Waals surface area contributed by atoms with E-state index in [0.717, 1.165) is 18.5 Å². The summed E-state index contributed by atoms with van der Waals surface area (Å²) in [5, 5.41) is 4.81. The topological polar surface area (TPSA) is 112 Å². The van der Waals surface area contributed by atoms with E-state index in [-0.39, 0.29) is 28.6 Å². The van der Waals surface area contributed by atoms with Crippen LogP contribution in [-0.2, 0) is 20.5 Å². The van der Waals surface area contributed by atoms with E-state index in [1.54, 1.807) is 4.90 Å². The van der Waals surface area contributed by atoms with Gasteiger partial charge >= 0.3 is 0 Å². The van der Waals surface area contributed by atoms with Gasteiger partial charge in [0.1, 0.15) is 23.1 Å². The van der Waals surface area contributed by atoms with E-state index in [2.05, 4.69) is 15.1 Å². The molecule has 0 spiro atoms. The second-order valence-corrected chi connectivity index (χ2v) is 10.2. The van der Waals surface area contributed by atoms with Crippen molar-refractivity contribution in [3.63, 3.8) is 0 Å². The zero-order valence-corrected chi connectivity index (χ0v) is 18.9. The summed E-state index contributed by atoms with van der Waals surface area (Å²) in [5.41, 5.74) is 0.842. The molecule has 4 aromatic rings. The largest absolute Gasteiger partial charge is 0.380 e. The maximum absolute atomic E-state index is 14.2. The predicted octanol–water partition coefficient (Wildman–Crippen LogP) is 1.89. The Bertz CT molecular complexity index is 1520. The summed E-state index contributed by atoms with van der Waals surface area (Å²) in [6, 6.07) is 2.20. The minimum absolute atomic E-state index is 0.106. The summed E-state index contributed by atoms with van der Waals surface area (Å²) in [6.07, 6.45) is 5.55. The number of imidazole rings is 1. The number of hydrogen-bond donors (Lipinski definition) is 0. The van der Waals surface area contributed by atoms with E-state index in [0.29, 0.717) is 43.6 Å². The van der Waals surface area contributed by atoms with E-state index >= 15 is 0 Å². The lowest BCUT2D eigenvalue weighted by molar-refractivity contribution is 0.0735. The first-order chi connectivity index (χ1) is 16.2. The Balaban J connectivity index is 1.66. The zero-order chi connectivity index (χ0) is 24.0. The molecule has 0 aliphatic carbocycles. The van der Waals surface area contributed by atoms with Gasteiger partial charge in [-0.3, -0.25) is 14.2 Å². The molecule has 34 heavy (non-hydrogen) atoms. The Labute approximate surface area is 192 Å². The second-order valence-electron chi connectivity index (χ2n) is 8.09. The lowest BCUT2D eigenvalue weighted by Gasteiger charge is -2.19. The molecule has 0 N–H and O–H groups in total. The summed E-state index contributed by atoms with van der Waals surface area (Å²) < 4.78 is 60.0. The van der Waals surface area contributed by atoms with Crippen LogP contribution >= 0.6 is 0 Å². The molecule has 1 saturated heterocycles. The van der Waals surface area contributed by atoms with Crippen molar-refractivity contribution in [3.8, 4) is 11.4 Å². The molecule has 5 heterocycles. The van der Waals surface area contributed by atoms with Gasteiger partial charge in [0.25, 0.3) is 5.91 Å². The van der Waals surface area contributed by atoms with Crippen LogP contribution in [0.4, 0.5) is 8.78 Å². The summed E-state index contributed by atoms with van der Waals surface area (Å²) in [5.74, 6) is -2.42. The highest BCUT2D eigenvalue weighted by Crippen LogP contribution is 2.30. The number of carbonyl (C=O) groups is 1. The van der Waals surface area contributed by atoms with Crippen molar-refractivity contribution in [2.75, 3.05) is 32.6 Å². The highest BCUT2D eigenvalue weighted by molar-refractivity contribution is 7.89. The molecule has 1 amide bonds. The third-order valence-electron chi connectivity index (χ3n) is 5.49. The van der Waals surface area contributed by atoms with Crippen LogP contribution in [0, 0.1) is 11.6 Å². The van der Waals surface area contributed by atoms with Gasteiger partial charge in [0.15, 0.2) is 21.3 Å². The van der Waals surface area contributed by atoms with Gasteiger partial charge in [0, 0.05) is 49.8 Å². The summed E-state index contributed by atoms with van der Waals surface area (Å²) >= 11 is 0. The third-order valence-corrected chi connectivity index (χ3v) is 6.21. The highest BCUT2D eigenvalue weighted by atomic mass is 32.2. The first-order valence-corrected chi connectivity index (χ1v) is 12.5. The fourth-order valence-corrected chi connectivity index (χ4v) is 4.64. The lowest BCUT2D eigenvalue weighted by Crippen LogP contribution is -2.33. The SMILES string of the molecule is CS(=O)(=O)Cn1nc(-c2cnc3c(F)cc(F)cn23)c2cnc(C(=O)N3CCCOCC3)cc21. The van der Waals surface area contributed by atoms with Crippen LogP contribution in [0.15, 0.2) is 30.7 Å². The van der Waals surface area contributed by atoms with Crippen molar-refractivity contribution in [3.05, 3.63) is 48.1 Å². The number of pyridine rings is 2. The van der Waals surface area contributed by atoms with Crippen molar-refractivity contribution in [2.24, 2.45) is 0 Å². The Hall–Kier alpha value is -3.45. The Kier molecular flexibility index (Phi) is 5.52. The van der Waals surface area contributed by atoms with Crippen molar-refractivity contribution in [2.45, 2.75) is 12.3 Å². The summed E-state index contributed by atoms with van der Waals surface area (Å²) in [4.78, 5) is 23.0. The van der Waals surface area contributed by atoms with E-state index < -0.39 is 27.3 Å². The van der Waals surface area contributed by atoms with E-state index in [4.69, 9.17) is 4.74 Å². The molecule has 0 aromatic carbocycles. The molecule has 5 rings (SSSR count). The minimum atomic E-state index is -3.51. The average Bonchev–Trinajstić information content (AvgIpc) is 3.21. The predicted molar refractivity (Wildman–Crippen MR) is 118 cm³/mol. The molecular formula is C21H20F2N6O4S. The molecule has 0 radical (unpaired) electrons. The molecule has 0 bridgehead atoms. The van der Waals surface area contributed by atoms with E-state index in [9.17, 15) is 22.0 Å². The standard InChI is InChI=1S/C21H20F2N6O4S/c1-34(31,32)12-29-17-8-16(21(30)27-3-2-5-33-6-4-27)24-9-14(17)19(26-29)18-10-25-20-15(23)7-13(22)11-28(18)20/h7-11H,2-6,12H2,1H3. The van der Waals surface area contributed by atoms with Crippen molar-refractivity contribution in [1.82, 2.24) is 29.0 Å². The van der Waals surface area contributed by atoms with Crippen LogP contribution in [-0.4, -0.2) is 75.9 Å². The summed E-state index contributed by atoms with van der Waals surface area (Å²) in [6.45, 7) is 1.93. The maximum Gasteiger partial charge on any atom is 0.272 e. The number of sulfone groups is 1. The number of hydrogen-bond acceptors (Lipinski definition) is 7. The fourth-order valence-electron chi connectivity index (χ4n) is 4.00. The molecule has 178 valence electrons. The first kappa shape index (κ1) is 22.3. The number of nitrogens with zero attached hydrogens (tertiary/aromatic N) is 6. The van der Waals surface area contributed by atoms with Crippen LogP contribution in [0.25, 0.3) is 27.9 Å². The molecule has 0 unspecified atom stereocenters. The van der Waals surface area contributed by atoms with Crippen LogP contribution < -0.4 is 0 Å². The van der Waals surface area contributed by atoms with Gasteiger partial charge in [0.05, 0.1) is 24.0 Å². The smallest absolute Gasteiger partial charge is 0.272 e. The number of amides is 1. The van der Waals surface area contributed by atoms with Crippen molar-refractivity contribution < 1.29 is 26.7 Å². The number of carbonyl (C=O) groups excluding carboxylic acids is 1. The first-order valence-electron chi connectivity index (χ1n) is 10.4. The molecule has 4 aromatic heterocycles. The summed E-state index contributed by atoms with van der Waals surface area (Å²) in [7, 11) is -3.51. The number of rotatable bonds is 4. The fraction of sp³-hybridized carbons (Fsp3) is 0.333. The van der Waals surface area contributed by atoms with Gasteiger partial charge < -0.3 is 9.64 Å². The molecule has 1 fully saturated rings. The average molecular weight is 490 g/mol. The van der Waals surface area contributed by atoms with Crippen LogP contribution in [0.2, 0.25) is 0 Å². The molecular weight excluding hydrogens is 470 g/mol. The Morgan fingerprint density at radius 1 is 1.15 bits per heavy atom. The normalized spacial score (nSPS) is 15.2. The molecule has 1 aliphatic rings. The van der Waals surface area contributed by atoms with E-state index in [1.165, 1.54) is 27.5 Å². The zero-order valence-electron chi connectivity index (χ0n) is 18.1. The van der Waals surface area contributed by atoms with Gasteiger partial charge in [-0.2, -0.15) is 5.10 Å². The van der Waals surface area contributed by atoms with Crippen LogP contribution in [0.5, 0.6) is 0 Å². The minimum Gasteiger partial charge on any atom is -0.380 e. The van der Waals surface area contributed by atoms with Gasteiger partial charge in [-0.15, -0.1) is 0 Å². The monoisotopic (exact) mass is 490 g/mol. The van der Waals surface area contributed by atoms with E-state index in [1.807, 2.05) is 0 Å². The quantitative estimate of drug-likeness (QED) is 0.429. The number of aromatic nitrogens is 5. The van der Waals surface area contributed by atoms with Crippen molar-refractivity contribution in [1.29, 1.82) is 0 Å². The Morgan fingerprint density at radius 3 is 2.76 bits per heavy atom.